The van der Waals surface area contributed by atoms with Crippen molar-refractivity contribution in [2.75, 3.05) is 31.5 Å². The van der Waals surface area contributed by atoms with E-state index in [1.165, 1.54) is 24.3 Å². The normalized spacial score (nSPS) is 15.0. The average molecular weight is 623 g/mol. The molecule has 43 heavy (non-hydrogen) atoms. The average Bonchev–Trinajstić information content (AvgIpc) is 2.94. The molecule has 4 rings (SSSR count). The molecule has 0 aromatic heterocycles. The summed E-state index contributed by atoms with van der Waals surface area (Å²) in [5.74, 6) is -7.33. The molecule has 0 saturated carbocycles. The number of hydrogen-bond acceptors (Lipinski definition) is 5. The second-order valence-corrected chi connectivity index (χ2v) is 8.82. The van der Waals surface area contributed by atoms with Crippen molar-refractivity contribution in [3.05, 3.63) is 76.9 Å². The SMILES string of the molecule is O=C(Nc1ccc(C2=CCNCC2)cc1F)c1ccc(C2=CCNCC2)cc1F.O=C(O)C(F)(F)F.O=C(O)C(F)(F)F. The van der Waals surface area contributed by atoms with Crippen molar-refractivity contribution in [2.24, 2.45) is 0 Å². The maximum Gasteiger partial charge on any atom is 0.490 e. The van der Waals surface area contributed by atoms with Crippen molar-refractivity contribution in [2.45, 2.75) is 25.2 Å². The number of alkyl halides is 6. The van der Waals surface area contributed by atoms with Crippen molar-refractivity contribution in [1.82, 2.24) is 10.6 Å². The van der Waals surface area contributed by atoms with Gasteiger partial charge in [0.25, 0.3) is 5.91 Å². The number of hydrogen-bond donors (Lipinski definition) is 5. The molecule has 0 aliphatic carbocycles. The summed E-state index contributed by atoms with van der Waals surface area (Å²) in [5, 5.41) is 23.2. The fourth-order valence-electron chi connectivity index (χ4n) is 3.67. The lowest BCUT2D eigenvalue weighted by Crippen LogP contribution is -2.21. The first-order valence-electron chi connectivity index (χ1n) is 12.3. The Morgan fingerprint density at radius 1 is 0.698 bits per heavy atom. The summed E-state index contributed by atoms with van der Waals surface area (Å²) < 4.78 is 92.6. The third-order valence-corrected chi connectivity index (χ3v) is 5.79. The Bertz CT molecular complexity index is 1360. The lowest BCUT2D eigenvalue weighted by atomic mass is 9.98. The van der Waals surface area contributed by atoms with Gasteiger partial charge in [-0.3, -0.25) is 4.79 Å². The Morgan fingerprint density at radius 3 is 1.47 bits per heavy atom. The van der Waals surface area contributed by atoms with Crippen LogP contribution >= 0.6 is 0 Å². The molecule has 8 nitrogen and oxygen atoms in total. The standard InChI is InChI=1S/C23H23F2N3O.2C2HF3O2/c24-20-13-17(15-5-9-26-10-6-15)1-3-19(20)23(29)28-22-4-2-18(14-21(22)25)16-7-11-27-12-8-16;2*3-2(4,5)1(6)7/h1-5,7,13-14,26-27H,6,8-12H2,(H,28,29);2*(H,6,7). The minimum Gasteiger partial charge on any atom is -0.475 e. The van der Waals surface area contributed by atoms with Crippen LogP contribution in [0.2, 0.25) is 0 Å². The summed E-state index contributed by atoms with van der Waals surface area (Å²) in [6.07, 6.45) is -4.47. The van der Waals surface area contributed by atoms with Crippen LogP contribution in [0.5, 0.6) is 0 Å². The van der Waals surface area contributed by atoms with E-state index in [4.69, 9.17) is 19.8 Å². The number of nitrogens with one attached hydrogen (secondary N) is 3. The number of halogens is 8. The lowest BCUT2D eigenvalue weighted by Gasteiger charge is -2.16. The first-order valence-corrected chi connectivity index (χ1v) is 12.3. The molecule has 0 saturated heterocycles. The third kappa shape index (κ3) is 11.1. The van der Waals surface area contributed by atoms with E-state index >= 15 is 0 Å². The monoisotopic (exact) mass is 623 g/mol. The molecule has 0 radical (unpaired) electrons. The topological polar surface area (TPSA) is 128 Å². The van der Waals surface area contributed by atoms with E-state index in [-0.39, 0.29) is 11.3 Å². The van der Waals surface area contributed by atoms with Crippen LogP contribution in [-0.4, -0.2) is 66.6 Å². The Kier molecular flexibility index (Phi) is 12.4. The van der Waals surface area contributed by atoms with Gasteiger partial charge in [0.05, 0.1) is 11.3 Å². The van der Waals surface area contributed by atoms with Crippen molar-refractivity contribution in [1.29, 1.82) is 0 Å². The molecule has 2 heterocycles. The van der Waals surface area contributed by atoms with E-state index < -0.39 is 41.8 Å². The van der Waals surface area contributed by atoms with Gasteiger partial charge in [-0.05, 0) is 72.5 Å². The third-order valence-electron chi connectivity index (χ3n) is 5.79. The van der Waals surface area contributed by atoms with Gasteiger partial charge in [-0.2, -0.15) is 26.3 Å². The number of carboxylic acid groups (broad SMARTS) is 2. The van der Waals surface area contributed by atoms with Crippen LogP contribution in [-0.2, 0) is 9.59 Å². The highest BCUT2D eigenvalue weighted by Gasteiger charge is 2.38. The van der Waals surface area contributed by atoms with E-state index in [1.54, 1.807) is 12.1 Å². The second-order valence-electron chi connectivity index (χ2n) is 8.82. The molecule has 2 aromatic carbocycles. The Labute approximate surface area is 239 Å². The van der Waals surface area contributed by atoms with E-state index in [2.05, 4.69) is 16.0 Å². The maximum atomic E-state index is 14.6. The number of anilines is 1. The largest absolute Gasteiger partial charge is 0.490 e. The van der Waals surface area contributed by atoms with Gasteiger partial charge in [-0.25, -0.2) is 18.4 Å². The number of carboxylic acids is 2. The zero-order valence-electron chi connectivity index (χ0n) is 22.0. The Hall–Kier alpha value is -4.31. The van der Waals surface area contributed by atoms with Crippen molar-refractivity contribution in [3.8, 4) is 0 Å². The lowest BCUT2D eigenvalue weighted by molar-refractivity contribution is -0.193. The van der Waals surface area contributed by atoms with Gasteiger partial charge >= 0.3 is 24.3 Å². The van der Waals surface area contributed by atoms with E-state index in [9.17, 15) is 39.9 Å². The van der Waals surface area contributed by atoms with Gasteiger partial charge in [-0.1, -0.05) is 24.3 Å². The zero-order chi connectivity index (χ0) is 32.4. The van der Waals surface area contributed by atoms with Gasteiger partial charge in [0.15, 0.2) is 0 Å². The van der Waals surface area contributed by atoms with Crippen LogP contribution < -0.4 is 16.0 Å². The summed E-state index contributed by atoms with van der Waals surface area (Å²) in [7, 11) is 0. The quantitative estimate of drug-likeness (QED) is 0.295. The molecular formula is C27H25F8N3O5. The van der Waals surface area contributed by atoms with Crippen LogP contribution in [0.15, 0.2) is 48.6 Å². The molecule has 5 N–H and O–H groups in total. The number of carbonyl (C=O) groups excluding carboxylic acids is 1. The molecule has 0 bridgehead atoms. The van der Waals surface area contributed by atoms with Crippen LogP contribution in [0.3, 0.4) is 0 Å². The molecule has 1 amide bonds. The number of rotatable bonds is 4. The van der Waals surface area contributed by atoms with Crippen LogP contribution in [0.4, 0.5) is 40.8 Å². The predicted molar refractivity (Wildman–Crippen MR) is 139 cm³/mol. The zero-order valence-corrected chi connectivity index (χ0v) is 22.0. The number of benzene rings is 2. The first-order chi connectivity index (χ1) is 20.0. The molecule has 0 spiro atoms. The van der Waals surface area contributed by atoms with E-state index in [0.29, 0.717) is 0 Å². The van der Waals surface area contributed by atoms with Crippen LogP contribution in [0.25, 0.3) is 11.1 Å². The fourth-order valence-corrected chi connectivity index (χ4v) is 3.67. The number of aliphatic carboxylic acids is 2. The molecule has 0 unspecified atom stereocenters. The summed E-state index contributed by atoms with van der Waals surface area (Å²) in [4.78, 5) is 30.3. The predicted octanol–water partition coefficient (Wildman–Crippen LogP) is 5.24. The van der Waals surface area contributed by atoms with Gasteiger partial charge in [0, 0.05) is 13.1 Å². The summed E-state index contributed by atoms with van der Waals surface area (Å²) in [5.41, 5.74) is 3.64. The Balaban J connectivity index is 0.000000384. The molecule has 2 aliphatic rings. The van der Waals surface area contributed by atoms with Crippen LogP contribution in [0.1, 0.15) is 34.3 Å². The molecule has 0 atom stereocenters. The van der Waals surface area contributed by atoms with Crippen molar-refractivity contribution < 1.29 is 59.7 Å². The maximum absolute atomic E-state index is 14.6. The Morgan fingerprint density at radius 2 is 1.12 bits per heavy atom. The molecular weight excluding hydrogens is 598 g/mol. The smallest absolute Gasteiger partial charge is 0.475 e. The molecule has 2 aliphatic heterocycles. The van der Waals surface area contributed by atoms with E-state index in [0.717, 1.165) is 61.3 Å². The molecule has 16 heteroatoms. The summed E-state index contributed by atoms with van der Waals surface area (Å²) in [6, 6.07) is 9.27. The van der Waals surface area contributed by atoms with Gasteiger partial charge in [-0.15, -0.1) is 0 Å². The minimum atomic E-state index is -5.08. The molecule has 0 fully saturated rings. The number of amides is 1. The van der Waals surface area contributed by atoms with Crippen molar-refractivity contribution >= 4 is 34.7 Å². The van der Waals surface area contributed by atoms with E-state index in [1.807, 2.05) is 12.2 Å². The summed E-state index contributed by atoms with van der Waals surface area (Å²) >= 11 is 0. The summed E-state index contributed by atoms with van der Waals surface area (Å²) in [6.45, 7) is 3.22. The van der Waals surface area contributed by atoms with Crippen LogP contribution in [0, 0.1) is 11.6 Å². The highest BCUT2D eigenvalue weighted by atomic mass is 19.4. The molecule has 2 aromatic rings. The highest BCUT2D eigenvalue weighted by Crippen LogP contribution is 2.26. The fraction of sp³-hybridized carbons (Fsp3) is 0.296. The van der Waals surface area contributed by atoms with Gasteiger partial charge < -0.3 is 26.2 Å². The van der Waals surface area contributed by atoms with Gasteiger partial charge in [0.1, 0.15) is 11.6 Å². The van der Waals surface area contributed by atoms with Gasteiger partial charge in [0.2, 0.25) is 0 Å². The molecule has 234 valence electrons. The van der Waals surface area contributed by atoms with Crippen molar-refractivity contribution in [3.63, 3.8) is 0 Å². The highest BCUT2D eigenvalue weighted by molar-refractivity contribution is 6.04. The second kappa shape index (κ2) is 15.2. The number of carbonyl (C=O) groups is 3. The minimum absolute atomic E-state index is 0.0397. The first kappa shape index (κ1) is 34.9.